The van der Waals surface area contributed by atoms with E-state index in [2.05, 4.69) is 67.5 Å². The summed E-state index contributed by atoms with van der Waals surface area (Å²) in [6, 6.07) is 15.9. The first-order chi connectivity index (χ1) is 48.0. The molecular weight excluding hydrogens is 1300 g/mol. The van der Waals surface area contributed by atoms with Crippen molar-refractivity contribution in [2.24, 2.45) is 0 Å². The van der Waals surface area contributed by atoms with Crippen molar-refractivity contribution in [2.75, 3.05) is 37.7 Å². The van der Waals surface area contributed by atoms with E-state index in [0.717, 1.165) is 156 Å². The number of aromatic nitrogens is 8. The summed E-state index contributed by atoms with van der Waals surface area (Å²) >= 11 is 0. The second-order valence-electron chi connectivity index (χ2n) is 25.2. The Morgan fingerprint density at radius 2 is 0.670 bits per heavy atom. The molecule has 0 saturated heterocycles. The van der Waals surface area contributed by atoms with Crippen LogP contribution in [0.5, 0.6) is 0 Å². The molecule has 0 aliphatic carbocycles. The topological polar surface area (TPSA) is 306 Å². The van der Waals surface area contributed by atoms with Crippen molar-refractivity contribution in [2.45, 2.75) is 120 Å². The van der Waals surface area contributed by atoms with Gasteiger partial charge in [0.1, 0.15) is 0 Å². The van der Waals surface area contributed by atoms with Crippen molar-refractivity contribution in [3.05, 3.63) is 177 Å². The van der Waals surface area contributed by atoms with Gasteiger partial charge in [-0.2, -0.15) is 0 Å². The summed E-state index contributed by atoms with van der Waals surface area (Å²) in [7, 11) is 2.99. The third-order valence-electron chi connectivity index (χ3n) is 18.9. The smallest absolute Gasteiger partial charge is 0.303 e. The standard InChI is InChI=1S/C78H86N12O8S2/c1-13-49-41(5)57-33-59-45(9)53(69(87-59)39-71-55(19-23-77(95)96)47(11)63(89-71)37-67-51(15-3)43(7)61(85-67)35-65(49)83-57)17-21-73(91)79-27-29-81-75(93)25-31-99-100-32-26-76(94)82-30-28-80-74(92)22-18-54-46(10)60-34-58-42(6)50(14-2)66(84-58)36-62-44(8)52(16-4)68(86-62)38-64-48(12)56(20-24-78(97)98)72(90-64)40-70(54)88-60/h13-16,33-40,85-88H,1-4,17-32H2,5-12H3,(H,79,91)(H,80,92)(H,81,93)(H,82,94)(H,95,96)(H,97,98). The first kappa shape index (κ1) is 72.4. The summed E-state index contributed by atoms with van der Waals surface area (Å²) in [6.07, 6.45) is 9.26. The average molecular weight is 1380 g/mol. The molecule has 0 aromatic carbocycles. The maximum atomic E-state index is 13.4. The highest BCUT2D eigenvalue weighted by atomic mass is 33.1. The zero-order valence-electron chi connectivity index (χ0n) is 58.0. The number of carboxylic acids is 2. The molecule has 518 valence electrons. The van der Waals surface area contributed by atoms with Gasteiger partial charge in [-0.1, -0.05) is 72.2 Å². The summed E-state index contributed by atoms with van der Waals surface area (Å²) < 4.78 is 0. The SMILES string of the molecule is C=CC1=C(C)c2cc3[nH]c(cc4nc(cc5[nH]c(cc1n2)c(C)c5C=C)C(C)=C4CCC(=O)O)c(CCC(=O)NCCNC(=O)CCSSCCC(=O)NCCNC(=O)CCc1c(C)c2cc4nc(cc5[nH]c(cc6nc(cc1[nH]2)C(CCC(=O)O)=C6C)c(C=C)c5C)C(C=C)=C4C)c3C. The van der Waals surface area contributed by atoms with Crippen LogP contribution in [0.4, 0.5) is 0 Å². The number of carbonyl (C=O) groups excluding carboxylic acids is 4. The maximum absolute atomic E-state index is 13.4. The molecule has 0 radical (unpaired) electrons. The normalized spacial score (nSPS) is 12.8. The molecule has 4 aliphatic rings. The van der Waals surface area contributed by atoms with Gasteiger partial charge >= 0.3 is 11.9 Å². The Bertz CT molecular complexity index is 4610. The number of aliphatic carboxylic acids is 2. The number of H-pyrrole nitrogens is 4. The minimum Gasteiger partial charge on any atom is -0.481 e. The van der Waals surface area contributed by atoms with Gasteiger partial charge in [-0.05, 0) is 196 Å². The van der Waals surface area contributed by atoms with Crippen LogP contribution < -0.4 is 21.3 Å². The maximum Gasteiger partial charge on any atom is 0.303 e. The number of fused-ring (bicyclic) bond motifs is 16. The highest BCUT2D eigenvalue weighted by Gasteiger charge is 2.25. The van der Waals surface area contributed by atoms with Crippen molar-refractivity contribution >= 4 is 158 Å². The third-order valence-corrected chi connectivity index (χ3v) is 21.3. The molecular formula is C78H86N12O8S2. The molecule has 20 nitrogen and oxygen atoms in total. The van der Waals surface area contributed by atoms with Crippen molar-refractivity contribution < 1.29 is 39.0 Å². The molecule has 6 aromatic heterocycles. The van der Waals surface area contributed by atoms with Gasteiger partial charge in [0.2, 0.25) is 23.6 Å². The Labute approximate surface area is 589 Å². The number of carbonyl (C=O) groups is 6. The lowest BCUT2D eigenvalue weighted by Crippen LogP contribution is -2.35. The Morgan fingerprint density at radius 3 is 1.02 bits per heavy atom. The number of hydrogen-bond donors (Lipinski definition) is 10. The zero-order valence-corrected chi connectivity index (χ0v) is 59.7. The summed E-state index contributed by atoms with van der Waals surface area (Å²) in [5.41, 5.74) is 26.9. The molecule has 4 amide bonds. The van der Waals surface area contributed by atoms with Crippen molar-refractivity contribution in [1.29, 1.82) is 0 Å². The number of hydrogen-bond acceptors (Lipinski definition) is 12. The van der Waals surface area contributed by atoms with E-state index in [-0.39, 0.29) is 101 Å². The molecule has 10 N–H and O–H groups in total. The van der Waals surface area contributed by atoms with Crippen molar-refractivity contribution in [1.82, 2.24) is 61.1 Å². The molecule has 6 aromatic rings. The molecule has 100 heavy (non-hydrogen) atoms. The fraction of sp³-hybridized carbons (Fsp3) is 0.308. The second kappa shape index (κ2) is 32.1. The molecule has 0 saturated carbocycles. The number of allylic oxidation sites excluding steroid dienone is 10. The Morgan fingerprint density at radius 1 is 0.370 bits per heavy atom. The number of nitrogens with one attached hydrogen (secondary N) is 8. The van der Waals surface area contributed by atoms with Crippen LogP contribution in [-0.2, 0) is 41.6 Å². The number of amides is 4. The fourth-order valence-electron chi connectivity index (χ4n) is 13.1. The number of aromatic amines is 4. The van der Waals surface area contributed by atoms with E-state index in [1.165, 1.54) is 21.6 Å². The van der Waals surface area contributed by atoms with E-state index >= 15 is 0 Å². The van der Waals surface area contributed by atoms with Crippen molar-refractivity contribution in [3.63, 3.8) is 0 Å². The highest BCUT2D eigenvalue weighted by molar-refractivity contribution is 8.76. The van der Waals surface area contributed by atoms with E-state index in [1.807, 2.05) is 128 Å². The third kappa shape index (κ3) is 16.4. The van der Waals surface area contributed by atoms with Crippen LogP contribution in [-0.4, -0.2) is 123 Å². The van der Waals surface area contributed by atoms with Crippen molar-refractivity contribution in [3.8, 4) is 0 Å². The van der Waals surface area contributed by atoms with Gasteiger partial charge in [-0.15, -0.1) is 0 Å². The predicted octanol–water partition coefficient (Wildman–Crippen LogP) is 14.5. The zero-order chi connectivity index (χ0) is 71.6. The van der Waals surface area contributed by atoms with E-state index in [9.17, 15) is 39.0 Å². The summed E-state index contributed by atoms with van der Waals surface area (Å²) in [5.74, 6) is -1.45. The predicted molar refractivity (Wildman–Crippen MR) is 408 cm³/mol. The lowest BCUT2D eigenvalue weighted by atomic mass is 10.00. The van der Waals surface area contributed by atoms with Gasteiger partial charge in [-0.25, -0.2) is 19.9 Å². The molecule has 10 heterocycles. The Kier molecular flexibility index (Phi) is 23.3. The molecule has 16 bridgehead atoms. The van der Waals surface area contributed by atoms with Crippen LogP contribution in [0.3, 0.4) is 0 Å². The molecule has 0 atom stereocenters. The van der Waals surface area contributed by atoms with Gasteiger partial charge in [0.25, 0.3) is 0 Å². The lowest BCUT2D eigenvalue weighted by Gasteiger charge is -2.08. The number of carboxylic acid groups (broad SMARTS) is 2. The first-order valence-electron chi connectivity index (χ1n) is 33.6. The number of rotatable bonds is 29. The van der Waals surface area contributed by atoms with E-state index in [4.69, 9.17) is 19.9 Å². The fourth-order valence-corrected chi connectivity index (χ4v) is 15.1. The van der Waals surface area contributed by atoms with E-state index in [1.54, 1.807) is 0 Å². The van der Waals surface area contributed by atoms with Crippen LogP contribution in [0.1, 0.15) is 169 Å². The summed E-state index contributed by atoms with van der Waals surface area (Å²) in [4.78, 5) is 111. The first-order valence-corrected chi connectivity index (χ1v) is 36.0. The summed E-state index contributed by atoms with van der Waals surface area (Å²) in [5, 5.41) is 31.2. The van der Waals surface area contributed by atoms with Crippen LogP contribution in [0.2, 0.25) is 0 Å². The van der Waals surface area contributed by atoms with Gasteiger partial charge < -0.3 is 51.4 Å². The summed E-state index contributed by atoms with van der Waals surface area (Å²) in [6.45, 7) is 33.4. The van der Waals surface area contributed by atoms with Gasteiger partial charge in [0.15, 0.2) is 0 Å². The Hall–Kier alpha value is -10.3. The van der Waals surface area contributed by atoms with Gasteiger partial charge in [0.05, 0.1) is 45.6 Å². The number of aryl methyl sites for hydroxylation is 6. The minimum atomic E-state index is -0.910. The van der Waals surface area contributed by atoms with Gasteiger partial charge in [-0.3, -0.25) is 28.8 Å². The van der Waals surface area contributed by atoms with Crippen LogP contribution in [0.15, 0.2) is 87.0 Å². The molecule has 0 spiro atoms. The molecule has 0 fully saturated rings. The highest BCUT2D eigenvalue weighted by Crippen LogP contribution is 2.40. The molecule has 10 rings (SSSR count). The quantitative estimate of drug-likeness (QED) is 0.0154. The second-order valence-corrected chi connectivity index (χ2v) is 27.9. The molecule has 22 heteroatoms. The van der Waals surface area contributed by atoms with E-state index in [0.29, 0.717) is 47.1 Å². The number of nitrogens with zero attached hydrogens (tertiary/aromatic N) is 4. The molecule has 0 unspecified atom stereocenters. The largest absolute Gasteiger partial charge is 0.481 e. The van der Waals surface area contributed by atoms with Crippen LogP contribution in [0.25, 0.3) is 101 Å². The minimum absolute atomic E-state index is 0.0731. The van der Waals surface area contributed by atoms with E-state index < -0.39 is 11.9 Å². The van der Waals surface area contributed by atoms with Crippen LogP contribution in [0, 0.1) is 27.7 Å². The Balaban J connectivity index is 0.686. The lowest BCUT2D eigenvalue weighted by molar-refractivity contribution is -0.137. The van der Waals surface area contributed by atoms with Gasteiger partial charge in [0, 0.05) is 143 Å². The average Bonchev–Trinajstić information content (AvgIpc) is 1.63. The van der Waals surface area contributed by atoms with Crippen LogP contribution >= 0.6 is 21.6 Å². The monoisotopic (exact) mass is 1380 g/mol. The molecule has 4 aliphatic heterocycles.